The predicted molar refractivity (Wildman–Crippen MR) is 69.4 cm³/mol. The number of anilines is 1. The van der Waals surface area contributed by atoms with Gasteiger partial charge < -0.3 is 15.2 Å². The van der Waals surface area contributed by atoms with E-state index in [0.29, 0.717) is 19.6 Å². The smallest absolute Gasteiger partial charge is 0.332 e. The van der Waals surface area contributed by atoms with Gasteiger partial charge in [-0.15, -0.1) is 0 Å². The SMILES string of the molecule is Cc1nc(Cl)nc(NCCCOCCO)c1[N+](=O)[O-]. The van der Waals surface area contributed by atoms with E-state index in [1.165, 1.54) is 6.92 Å². The molecule has 0 aliphatic rings. The molecule has 1 rings (SSSR count). The third-order valence-electron chi connectivity index (χ3n) is 2.21. The second-order valence-electron chi connectivity index (χ2n) is 3.65. The van der Waals surface area contributed by atoms with Gasteiger partial charge in [0.05, 0.1) is 18.1 Å². The molecule has 8 nitrogen and oxygen atoms in total. The fourth-order valence-corrected chi connectivity index (χ4v) is 1.63. The van der Waals surface area contributed by atoms with Crippen molar-refractivity contribution in [2.45, 2.75) is 13.3 Å². The van der Waals surface area contributed by atoms with E-state index in [9.17, 15) is 10.1 Å². The lowest BCUT2D eigenvalue weighted by molar-refractivity contribution is -0.385. The summed E-state index contributed by atoms with van der Waals surface area (Å²) in [5.74, 6) is 0.102. The molecular weight excluding hydrogens is 276 g/mol. The highest BCUT2D eigenvalue weighted by Gasteiger charge is 2.21. The first-order valence-electron chi connectivity index (χ1n) is 5.67. The summed E-state index contributed by atoms with van der Waals surface area (Å²) in [7, 11) is 0. The van der Waals surface area contributed by atoms with Crippen molar-refractivity contribution in [2.75, 3.05) is 31.7 Å². The molecule has 19 heavy (non-hydrogen) atoms. The van der Waals surface area contributed by atoms with E-state index >= 15 is 0 Å². The second kappa shape index (κ2) is 7.82. The van der Waals surface area contributed by atoms with Crippen LogP contribution in [0.4, 0.5) is 11.5 Å². The molecule has 0 fully saturated rings. The summed E-state index contributed by atoms with van der Waals surface area (Å²) in [6, 6.07) is 0. The molecular formula is C10H15ClN4O4. The molecule has 1 aromatic rings. The number of rotatable bonds is 8. The molecule has 2 N–H and O–H groups in total. The van der Waals surface area contributed by atoms with Crippen LogP contribution in [0.2, 0.25) is 5.28 Å². The maximum Gasteiger partial charge on any atom is 0.332 e. The molecule has 0 aromatic carbocycles. The average molecular weight is 291 g/mol. The molecule has 0 aliphatic carbocycles. The number of hydrogen-bond acceptors (Lipinski definition) is 7. The van der Waals surface area contributed by atoms with Crippen LogP contribution in [0.3, 0.4) is 0 Å². The number of halogens is 1. The van der Waals surface area contributed by atoms with Gasteiger partial charge in [-0.1, -0.05) is 0 Å². The number of aromatic nitrogens is 2. The summed E-state index contributed by atoms with van der Waals surface area (Å²) in [4.78, 5) is 17.9. The number of nitrogens with zero attached hydrogens (tertiary/aromatic N) is 3. The molecule has 0 bridgehead atoms. The lowest BCUT2D eigenvalue weighted by Crippen LogP contribution is -2.11. The van der Waals surface area contributed by atoms with Gasteiger partial charge in [0.2, 0.25) is 11.1 Å². The quantitative estimate of drug-likeness (QED) is 0.320. The number of aryl methyl sites for hydroxylation is 1. The Balaban J connectivity index is 2.59. The van der Waals surface area contributed by atoms with E-state index in [-0.39, 0.29) is 35.7 Å². The molecule has 1 heterocycles. The van der Waals surface area contributed by atoms with Crippen LogP contribution in [0.1, 0.15) is 12.1 Å². The van der Waals surface area contributed by atoms with Crippen molar-refractivity contribution in [3.63, 3.8) is 0 Å². The zero-order valence-corrected chi connectivity index (χ0v) is 11.2. The molecule has 9 heteroatoms. The Hall–Kier alpha value is -1.51. The maximum absolute atomic E-state index is 10.9. The van der Waals surface area contributed by atoms with Crippen molar-refractivity contribution in [3.05, 3.63) is 21.1 Å². The van der Waals surface area contributed by atoms with E-state index < -0.39 is 4.92 Å². The third kappa shape index (κ3) is 4.93. The van der Waals surface area contributed by atoms with Crippen LogP contribution in [0.25, 0.3) is 0 Å². The van der Waals surface area contributed by atoms with Crippen LogP contribution in [0, 0.1) is 17.0 Å². The molecule has 0 saturated heterocycles. The summed E-state index contributed by atoms with van der Waals surface area (Å²) >= 11 is 5.67. The zero-order valence-electron chi connectivity index (χ0n) is 10.4. The van der Waals surface area contributed by atoms with Crippen LogP contribution in [-0.2, 0) is 4.74 Å². The highest BCUT2D eigenvalue weighted by molar-refractivity contribution is 6.28. The number of nitrogens with one attached hydrogen (secondary N) is 1. The van der Waals surface area contributed by atoms with Gasteiger partial charge in [0, 0.05) is 13.2 Å². The first-order chi connectivity index (χ1) is 9.06. The van der Waals surface area contributed by atoms with Gasteiger partial charge in [0.15, 0.2) is 0 Å². The van der Waals surface area contributed by atoms with Crippen molar-refractivity contribution in [2.24, 2.45) is 0 Å². The number of nitro groups is 1. The summed E-state index contributed by atoms with van der Waals surface area (Å²) in [6.07, 6.45) is 0.623. The predicted octanol–water partition coefficient (Wildman–Crippen LogP) is 1.16. The lowest BCUT2D eigenvalue weighted by atomic mass is 10.3. The Labute approximate surface area is 114 Å². The van der Waals surface area contributed by atoms with E-state index in [4.69, 9.17) is 21.4 Å². The Morgan fingerprint density at radius 3 is 2.84 bits per heavy atom. The fraction of sp³-hybridized carbons (Fsp3) is 0.600. The van der Waals surface area contributed by atoms with Crippen LogP contribution < -0.4 is 5.32 Å². The largest absolute Gasteiger partial charge is 0.394 e. The highest BCUT2D eigenvalue weighted by atomic mass is 35.5. The second-order valence-corrected chi connectivity index (χ2v) is 3.99. The van der Waals surface area contributed by atoms with Crippen molar-refractivity contribution in [1.82, 2.24) is 9.97 Å². The van der Waals surface area contributed by atoms with Gasteiger partial charge in [0.25, 0.3) is 0 Å². The van der Waals surface area contributed by atoms with E-state index in [2.05, 4.69) is 15.3 Å². The lowest BCUT2D eigenvalue weighted by Gasteiger charge is -2.07. The van der Waals surface area contributed by atoms with Gasteiger partial charge in [-0.05, 0) is 24.9 Å². The summed E-state index contributed by atoms with van der Waals surface area (Å²) in [5, 5.41) is 22.2. The number of aliphatic hydroxyl groups is 1. The fourth-order valence-electron chi connectivity index (χ4n) is 1.42. The van der Waals surface area contributed by atoms with Gasteiger partial charge in [0.1, 0.15) is 5.69 Å². The van der Waals surface area contributed by atoms with Crippen molar-refractivity contribution in [1.29, 1.82) is 0 Å². The van der Waals surface area contributed by atoms with Crippen LogP contribution in [0.15, 0.2) is 0 Å². The van der Waals surface area contributed by atoms with Gasteiger partial charge >= 0.3 is 5.69 Å². The van der Waals surface area contributed by atoms with Crippen LogP contribution in [0.5, 0.6) is 0 Å². The molecule has 0 spiro atoms. The van der Waals surface area contributed by atoms with Crippen LogP contribution >= 0.6 is 11.6 Å². The average Bonchev–Trinajstić information content (AvgIpc) is 2.32. The summed E-state index contributed by atoms with van der Waals surface area (Å²) < 4.78 is 5.06. The molecule has 0 unspecified atom stereocenters. The number of ether oxygens (including phenoxy) is 1. The minimum absolute atomic E-state index is 0.0282. The van der Waals surface area contributed by atoms with E-state index in [1.807, 2.05) is 0 Å². The molecule has 0 saturated carbocycles. The third-order valence-corrected chi connectivity index (χ3v) is 2.38. The Morgan fingerprint density at radius 2 is 2.21 bits per heavy atom. The van der Waals surface area contributed by atoms with Crippen molar-refractivity contribution >= 4 is 23.1 Å². The standard InChI is InChI=1S/C10H15ClN4O4/c1-7-8(15(17)18)9(14-10(11)13-7)12-3-2-5-19-6-4-16/h16H,2-6H2,1H3,(H,12,13,14). The number of hydrogen-bond donors (Lipinski definition) is 2. The minimum atomic E-state index is -0.545. The monoisotopic (exact) mass is 290 g/mol. The van der Waals surface area contributed by atoms with E-state index in [0.717, 1.165) is 0 Å². The molecule has 0 atom stereocenters. The Bertz CT molecular complexity index is 444. The Morgan fingerprint density at radius 1 is 1.47 bits per heavy atom. The molecule has 0 radical (unpaired) electrons. The van der Waals surface area contributed by atoms with E-state index in [1.54, 1.807) is 0 Å². The minimum Gasteiger partial charge on any atom is -0.394 e. The van der Waals surface area contributed by atoms with Gasteiger partial charge in [-0.25, -0.2) is 4.98 Å². The molecule has 0 amide bonds. The van der Waals surface area contributed by atoms with Gasteiger partial charge in [-0.3, -0.25) is 10.1 Å². The Kier molecular flexibility index (Phi) is 6.40. The first kappa shape index (κ1) is 15.5. The van der Waals surface area contributed by atoms with Crippen LogP contribution in [-0.4, -0.2) is 46.4 Å². The summed E-state index contributed by atoms with van der Waals surface area (Å²) in [5.41, 5.74) is 0.0321. The normalized spacial score (nSPS) is 10.5. The number of aliphatic hydroxyl groups excluding tert-OH is 1. The van der Waals surface area contributed by atoms with Gasteiger partial charge in [-0.2, -0.15) is 4.98 Å². The van der Waals surface area contributed by atoms with Crippen molar-refractivity contribution in [3.8, 4) is 0 Å². The molecule has 106 valence electrons. The van der Waals surface area contributed by atoms with Crippen molar-refractivity contribution < 1.29 is 14.8 Å². The molecule has 0 aliphatic heterocycles. The zero-order chi connectivity index (χ0) is 14.3. The summed E-state index contributed by atoms with van der Waals surface area (Å²) in [6.45, 7) is 2.64. The first-order valence-corrected chi connectivity index (χ1v) is 6.05. The maximum atomic E-state index is 10.9. The highest BCUT2D eigenvalue weighted by Crippen LogP contribution is 2.26. The molecule has 1 aromatic heterocycles. The topological polar surface area (TPSA) is 110 Å².